The predicted molar refractivity (Wildman–Crippen MR) is 82.7 cm³/mol. The highest BCUT2D eigenvalue weighted by Gasteiger charge is 2.23. The van der Waals surface area contributed by atoms with Crippen molar-refractivity contribution in [2.75, 3.05) is 26.4 Å². The van der Waals surface area contributed by atoms with Crippen molar-refractivity contribution in [1.82, 2.24) is 0 Å². The minimum absolute atomic E-state index is 0.114. The highest BCUT2D eigenvalue weighted by molar-refractivity contribution is 7.91. The molecule has 6 heteroatoms. The maximum Gasteiger partial charge on any atom is 0.200 e. The third-order valence-electron chi connectivity index (χ3n) is 2.80. The number of hydrogen-bond donors (Lipinski definition) is 2. The number of aliphatic hydroxyl groups is 2. The lowest BCUT2D eigenvalue weighted by Gasteiger charge is -2.16. The Hall–Kier alpha value is -1.73. The summed E-state index contributed by atoms with van der Waals surface area (Å²) >= 11 is -1.49. The molecule has 0 amide bonds. The fourth-order valence-corrected chi connectivity index (χ4v) is 3.14. The van der Waals surface area contributed by atoms with Gasteiger partial charge in [0.1, 0.15) is 13.2 Å². The lowest BCUT2D eigenvalue weighted by molar-refractivity contribution is 0.197. The van der Waals surface area contributed by atoms with Crippen molar-refractivity contribution in [1.29, 1.82) is 0 Å². The molecule has 2 aromatic rings. The Bertz CT molecular complexity index is 539. The summed E-state index contributed by atoms with van der Waals surface area (Å²) in [4.78, 5) is 1.02. The maximum absolute atomic E-state index is 12.8. The van der Waals surface area contributed by atoms with E-state index >= 15 is 0 Å². The molecule has 0 unspecified atom stereocenters. The molecule has 2 aromatic carbocycles. The zero-order valence-corrected chi connectivity index (χ0v) is 12.8. The van der Waals surface area contributed by atoms with E-state index in [-0.39, 0.29) is 26.4 Å². The molecular formula is C16H18O5S. The first-order valence-corrected chi connectivity index (χ1v) is 8.00. The van der Waals surface area contributed by atoms with Crippen LogP contribution in [0.4, 0.5) is 0 Å². The first-order chi connectivity index (χ1) is 10.8. The van der Waals surface area contributed by atoms with Crippen LogP contribution in [0, 0.1) is 0 Å². The van der Waals surface area contributed by atoms with Crippen molar-refractivity contribution in [2.45, 2.75) is 9.79 Å². The van der Waals surface area contributed by atoms with E-state index in [4.69, 9.17) is 19.7 Å². The van der Waals surface area contributed by atoms with Gasteiger partial charge in [-0.3, -0.25) is 0 Å². The van der Waals surface area contributed by atoms with Gasteiger partial charge in [-0.1, -0.05) is 24.3 Å². The van der Waals surface area contributed by atoms with Crippen LogP contribution in [0.5, 0.6) is 11.5 Å². The van der Waals surface area contributed by atoms with Gasteiger partial charge in [-0.15, -0.1) is 0 Å². The van der Waals surface area contributed by atoms with Gasteiger partial charge in [0.25, 0.3) is 0 Å². The molecular weight excluding hydrogens is 304 g/mol. The summed E-state index contributed by atoms with van der Waals surface area (Å²) in [6.45, 7) is 0.0437. The minimum atomic E-state index is -1.49. The van der Waals surface area contributed by atoms with Crippen molar-refractivity contribution >= 4 is 11.2 Å². The van der Waals surface area contributed by atoms with Crippen molar-refractivity contribution in [3.63, 3.8) is 0 Å². The van der Waals surface area contributed by atoms with E-state index in [9.17, 15) is 4.55 Å². The van der Waals surface area contributed by atoms with E-state index in [0.29, 0.717) is 21.3 Å². The molecule has 0 atom stereocenters. The summed E-state index contributed by atoms with van der Waals surface area (Å²) in [6.07, 6.45) is 0. The summed E-state index contributed by atoms with van der Waals surface area (Å²) < 4.78 is 23.7. The largest absolute Gasteiger partial charge is 0.606 e. The minimum Gasteiger partial charge on any atom is -0.606 e. The van der Waals surface area contributed by atoms with Gasteiger partial charge in [0.15, 0.2) is 21.3 Å². The average Bonchev–Trinajstić information content (AvgIpc) is 2.58. The van der Waals surface area contributed by atoms with Crippen LogP contribution in [0.15, 0.2) is 58.3 Å². The molecule has 0 aliphatic carbocycles. The standard InChI is InChI=1S/C16H18O5S/c17-9-11-20-13-5-1-3-7-15(13)22(19)16-8-4-2-6-14(16)21-12-10-18/h1-8,17-18H,9-12H2. The SMILES string of the molecule is [O-][S+](c1ccccc1OCCO)c1ccccc1OCCO. The van der Waals surface area contributed by atoms with Gasteiger partial charge in [0.05, 0.1) is 13.2 Å². The van der Waals surface area contributed by atoms with Crippen molar-refractivity contribution in [2.24, 2.45) is 0 Å². The van der Waals surface area contributed by atoms with Crippen LogP contribution < -0.4 is 9.47 Å². The smallest absolute Gasteiger partial charge is 0.200 e. The first-order valence-electron chi connectivity index (χ1n) is 6.85. The predicted octanol–water partition coefficient (Wildman–Crippen LogP) is 1.60. The first kappa shape index (κ1) is 16.6. The molecule has 5 nitrogen and oxygen atoms in total. The Morgan fingerprint density at radius 2 is 1.18 bits per heavy atom. The van der Waals surface area contributed by atoms with Crippen LogP contribution in [0.25, 0.3) is 0 Å². The molecule has 0 aliphatic rings. The molecule has 0 spiro atoms. The number of ether oxygens (including phenoxy) is 2. The van der Waals surface area contributed by atoms with Gasteiger partial charge in [-0.05, 0) is 24.3 Å². The second-order valence-electron chi connectivity index (χ2n) is 4.31. The summed E-state index contributed by atoms with van der Waals surface area (Å²) in [6, 6.07) is 14.0. The molecule has 0 bridgehead atoms. The van der Waals surface area contributed by atoms with Crippen LogP contribution in [0.3, 0.4) is 0 Å². The molecule has 0 aliphatic heterocycles. The quantitative estimate of drug-likeness (QED) is 0.721. The van der Waals surface area contributed by atoms with E-state index in [0.717, 1.165) is 0 Å². The van der Waals surface area contributed by atoms with Crippen LogP contribution in [0.1, 0.15) is 0 Å². The number of aliphatic hydroxyl groups excluding tert-OH is 2. The molecule has 2 N–H and O–H groups in total. The van der Waals surface area contributed by atoms with E-state index in [1.807, 2.05) is 0 Å². The Labute approximate surface area is 132 Å². The molecule has 0 saturated carbocycles. The van der Waals surface area contributed by atoms with Gasteiger partial charge in [0, 0.05) is 11.2 Å². The molecule has 0 aromatic heterocycles. The monoisotopic (exact) mass is 322 g/mol. The van der Waals surface area contributed by atoms with E-state index in [1.54, 1.807) is 48.5 Å². The number of benzene rings is 2. The molecule has 0 radical (unpaired) electrons. The summed E-state index contributed by atoms with van der Waals surface area (Å²) in [7, 11) is 0. The van der Waals surface area contributed by atoms with Gasteiger partial charge < -0.3 is 24.2 Å². The fourth-order valence-electron chi connectivity index (χ4n) is 1.87. The zero-order valence-electron chi connectivity index (χ0n) is 12.0. The summed E-state index contributed by atoms with van der Waals surface area (Å²) in [5, 5.41) is 17.7. The third-order valence-corrected chi connectivity index (χ3v) is 4.27. The highest BCUT2D eigenvalue weighted by atomic mass is 32.2. The average molecular weight is 322 g/mol. The number of hydrogen-bond acceptors (Lipinski definition) is 5. The second kappa shape index (κ2) is 8.65. The van der Waals surface area contributed by atoms with E-state index < -0.39 is 11.2 Å². The van der Waals surface area contributed by atoms with Gasteiger partial charge in [0.2, 0.25) is 0 Å². The Kier molecular flexibility index (Phi) is 6.54. The van der Waals surface area contributed by atoms with E-state index in [2.05, 4.69) is 0 Å². The zero-order chi connectivity index (χ0) is 15.8. The van der Waals surface area contributed by atoms with Crippen molar-refractivity contribution in [3.8, 4) is 11.5 Å². The maximum atomic E-state index is 12.8. The lowest BCUT2D eigenvalue weighted by atomic mass is 10.3. The molecule has 0 fully saturated rings. The van der Waals surface area contributed by atoms with Crippen LogP contribution in [0.2, 0.25) is 0 Å². The molecule has 0 saturated heterocycles. The van der Waals surface area contributed by atoms with Gasteiger partial charge in [-0.25, -0.2) is 0 Å². The lowest BCUT2D eigenvalue weighted by Crippen LogP contribution is -2.10. The number of rotatable bonds is 8. The van der Waals surface area contributed by atoms with Crippen molar-refractivity contribution < 1.29 is 24.2 Å². The summed E-state index contributed by atoms with van der Waals surface area (Å²) in [5.74, 6) is 0.929. The van der Waals surface area contributed by atoms with Crippen LogP contribution >= 0.6 is 0 Å². The molecule has 2 rings (SSSR count). The highest BCUT2D eigenvalue weighted by Crippen LogP contribution is 2.33. The van der Waals surface area contributed by atoms with Gasteiger partial charge in [-0.2, -0.15) is 0 Å². The van der Waals surface area contributed by atoms with E-state index in [1.165, 1.54) is 0 Å². The summed E-state index contributed by atoms with van der Waals surface area (Å²) in [5.41, 5.74) is 0. The normalized spacial score (nSPS) is 10.7. The van der Waals surface area contributed by atoms with Crippen molar-refractivity contribution in [3.05, 3.63) is 48.5 Å². The van der Waals surface area contributed by atoms with Crippen LogP contribution in [-0.4, -0.2) is 41.2 Å². The van der Waals surface area contributed by atoms with Crippen LogP contribution in [-0.2, 0) is 11.2 Å². The molecule has 118 valence electrons. The Morgan fingerprint density at radius 1 is 0.773 bits per heavy atom. The molecule has 0 heterocycles. The second-order valence-corrected chi connectivity index (χ2v) is 5.72. The van der Waals surface area contributed by atoms with Gasteiger partial charge >= 0.3 is 0 Å². The fraction of sp³-hybridized carbons (Fsp3) is 0.250. The third kappa shape index (κ3) is 4.14. The Balaban J connectivity index is 2.30. The topological polar surface area (TPSA) is 82.0 Å². The number of para-hydroxylation sites is 2. The Morgan fingerprint density at radius 3 is 1.59 bits per heavy atom. The molecule has 22 heavy (non-hydrogen) atoms.